The van der Waals surface area contributed by atoms with Crippen LogP contribution in [0, 0.1) is 63.1 Å². The number of aliphatic hydroxyl groups excluding tert-OH is 1. The summed E-state index contributed by atoms with van der Waals surface area (Å²) >= 11 is 0. The van der Waals surface area contributed by atoms with E-state index in [-0.39, 0.29) is 51.8 Å². The van der Waals surface area contributed by atoms with E-state index in [9.17, 15) is 24.6 Å². The molecule has 8 heteroatoms. The van der Waals surface area contributed by atoms with E-state index < -0.39 is 28.9 Å². The summed E-state index contributed by atoms with van der Waals surface area (Å²) in [7, 11) is 0. The van der Waals surface area contributed by atoms with Crippen LogP contribution in [0.2, 0.25) is 0 Å². The molecule has 7 rings (SSSR count). The molecule has 0 spiro atoms. The third kappa shape index (κ3) is 6.97. The summed E-state index contributed by atoms with van der Waals surface area (Å²) in [4.78, 5) is 44.2. The lowest BCUT2D eigenvalue weighted by atomic mass is 9.33. The summed E-state index contributed by atoms with van der Waals surface area (Å²) in [5.41, 5.74) is 3.27. The summed E-state index contributed by atoms with van der Waals surface area (Å²) in [6.07, 6.45) is 7.50. The number of Topliss-reactive ketones (excluding diaryl/α,β-unsaturated/α-hetero) is 1. The number of hydrogen-bond acceptors (Lipinski definition) is 7. The van der Waals surface area contributed by atoms with Crippen molar-refractivity contribution in [2.75, 3.05) is 32.7 Å². The van der Waals surface area contributed by atoms with Gasteiger partial charge in [0.15, 0.2) is 5.78 Å². The van der Waals surface area contributed by atoms with Crippen molar-refractivity contribution in [2.24, 2.45) is 56.2 Å². The number of benzene rings is 1. The molecule has 1 aliphatic heterocycles. The number of β-amino-alcohol motifs (C(OH)–C–C–N with tert-alkyl or cyclic N) is 1. The van der Waals surface area contributed by atoms with Gasteiger partial charge in [-0.3, -0.25) is 24.2 Å². The second kappa shape index (κ2) is 14.9. The van der Waals surface area contributed by atoms with Crippen LogP contribution in [-0.4, -0.2) is 82.7 Å². The zero-order valence-corrected chi connectivity index (χ0v) is 37.0. The quantitative estimate of drug-likeness (QED) is 0.227. The van der Waals surface area contributed by atoms with Gasteiger partial charge in [0, 0.05) is 56.5 Å². The number of aryl methyl sites for hydroxylation is 1. The summed E-state index contributed by atoms with van der Waals surface area (Å²) in [5.74, 6) is 0.167. The summed E-state index contributed by atoms with van der Waals surface area (Å²) in [5, 5.41) is 22.2. The van der Waals surface area contributed by atoms with Crippen molar-refractivity contribution in [3.05, 3.63) is 46.5 Å². The molecule has 316 valence electrons. The minimum atomic E-state index is -1.16. The van der Waals surface area contributed by atoms with Gasteiger partial charge in [0.2, 0.25) is 0 Å². The number of carboxylic acid groups (broad SMARTS) is 1. The fraction of sp³-hybridized carbons (Fsp3) is 0.776. The maximum atomic E-state index is 14.2. The summed E-state index contributed by atoms with van der Waals surface area (Å²) in [6, 6.07) is 8.85. The maximum Gasteiger partial charge on any atom is 0.309 e. The van der Waals surface area contributed by atoms with Gasteiger partial charge < -0.3 is 14.9 Å². The number of allylic oxidation sites excluding steroid dienone is 1. The Bertz CT molecular complexity index is 1760. The molecule has 0 aromatic heterocycles. The molecule has 57 heavy (non-hydrogen) atoms. The number of hydrogen-bond donors (Lipinski definition) is 2. The molecular weight excluding hydrogens is 713 g/mol. The fourth-order valence-corrected chi connectivity index (χ4v) is 14.4. The van der Waals surface area contributed by atoms with Crippen molar-refractivity contribution in [1.82, 2.24) is 9.80 Å². The first-order valence-electron chi connectivity index (χ1n) is 22.5. The Balaban J connectivity index is 1.10. The Morgan fingerprint density at radius 3 is 2.14 bits per heavy atom. The predicted octanol–water partition coefficient (Wildman–Crippen LogP) is 8.87. The molecule has 6 aliphatic rings. The lowest BCUT2D eigenvalue weighted by Crippen LogP contribution is -2.66. The van der Waals surface area contributed by atoms with Gasteiger partial charge >= 0.3 is 11.9 Å². The minimum absolute atomic E-state index is 0.00465. The second-order valence-corrected chi connectivity index (χ2v) is 22.1. The molecule has 1 unspecified atom stereocenters. The average Bonchev–Trinajstić information content (AvgIpc) is 3.44. The Kier molecular flexibility index (Phi) is 11.1. The minimum Gasteiger partial charge on any atom is -0.481 e. The first-order valence-corrected chi connectivity index (χ1v) is 22.5. The molecule has 0 bridgehead atoms. The van der Waals surface area contributed by atoms with Crippen molar-refractivity contribution >= 4 is 17.7 Å². The number of carbonyl (C=O) groups is 3. The average molecular weight is 787 g/mol. The molecule has 5 fully saturated rings. The zero-order valence-electron chi connectivity index (χ0n) is 37.0. The van der Waals surface area contributed by atoms with Crippen LogP contribution in [0.1, 0.15) is 138 Å². The Morgan fingerprint density at radius 2 is 1.51 bits per heavy atom. The van der Waals surface area contributed by atoms with Crippen LogP contribution in [0.5, 0.6) is 0 Å². The van der Waals surface area contributed by atoms with Gasteiger partial charge in [-0.25, -0.2) is 0 Å². The maximum absolute atomic E-state index is 14.2. The van der Waals surface area contributed by atoms with Crippen LogP contribution < -0.4 is 0 Å². The van der Waals surface area contributed by atoms with E-state index >= 15 is 0 Å². The summed E-state index contributed by atoms with van der Waals surface area (Å²) < 4.78 is 6.20. The van der Waals surface area contributed by atoms with E-state index in [0.29, 0.717) is 24.8 Å². The highest BCUT2D eigenvalue weighted by Gasteiger charge is 2.71. The van der Waals surface area contributed by atoms with E-state index in [2.05, 4.69) is 89.5 Å². The molecule has 5 aliphatic carbocycles. The molecule has 9 atom stereocenters. The lowest BCUT2D eigenvalue weighted by Gasteiger charge is -2.72. The molecular formula is C49H74N2O6. The van der Waals surface area contributed by atoms with Gasteiger partial charge in [0.05, 0.1) is 17.9 Å². The number of fused-ring (bicyclic) bond motifs is 7. The molecule has 0 radical (unpaired) electrons. The van der Waals surface area contributed by atoms with E-state index in [4.69, 9.17) is 4.74 Å². The molecule has 4 saturated carbocycles. The van der Waals surface area contributed by atoms with Crippen molar-refractivity contribution < 1.29 is 29.3 Å². The first-order chi connectivity index (χ1) is 26.6. The highest BCUT2D eigenvalue weighted by Crippen LogP contribution is 2.77. The Labute approximate surface area is 343 Å². The lowest BCUT2D eigenvalue weighted by molar-refractivity contribution is -0.235. The van der Waals surface area contributed by atoms with Crippen LogP contribution in [0.25, 0.3) is 0 Å². The molecule has 1 heterocycles. The highest BCUT2D eigenvalue weighted by atomic mass is 16.5. The van der Waals surface area contributed by atoms with E-state index in [0.717, 1.165) is 89.7 Å². The van der Waals surface area contributed by atoms with E-state index in [1.807, 2.05) is 0 Å². The SMILES string of the molecule is Cc1ccc(CN2CCN(CC(O)[C@@]34CC[C@]5(C)[C@H](CC[C@@H]6[C@@]7(C)CC[C@H](OC(=O)CC(C)(C)C(=O)O)C(C)(C)[C@@H]7CC[C@]65C)C3=C(C(C)C)C(=O)C4)CC2)cc1. The van der Waals surface area contributed by atoms with Gasteiger partial charge in [-0.2, -0.15) is 0 Å². The normalized spacial score (nSPS) is 37.6. The fourth-order valence-electron chi connectivity index (χ4n) is 14.4. The van der Waals surface area contributed by atoms with Crippen molar-refractivity contribution in [3.8, 4) is 0 Å². The van der Waals surface area contributed by atoms with Crippen LogP contribution in [0.15, 0.2) is 35.4 Å². The van der Waals surface area contributed by atoms with Gasteiger partial charge in [-0.05, 0) is 123 Å². The topological polar surface area (TPSA) is 107 Å². The van der Waals surface area contributed by atoms with Crippen molar-refractivity contribution in [1.29, 1.82) is 0 Å². The monoisotopic (exact) mass is 787 g/mol. The number of carbonyl (C=O) groups excluding carboxylic acids is 2. The number of ketones is 1. The smallest absolute Gasteiger partial charge is 0.309 e. The zero-order chi connectivity index (χ0) is 41.5. The van der Waals surface area contributed by atoms with Gasteiger partial charge in [-0.1, -0.05) is 83.9 Å². The predicted molar refractivity (Wildman–Crippen MR) is 224 cm³/mol. The van der Waals surface area contributed by atoms with E-state index in [1.165, 1.54) is 16.7 Å². The Hall–Kier alpha value is -2.55. The van der Waals surface area contributed by atoms with Crippen molar-refractivity contribution in [2.45, 2.75) is 152 Å². The van der Waals surface area contributed by atoms with Crippen LogP contribution in [0.4, 0.5) is 0 Å². The van der Waals surface area contributed by atoms with Crippen LogP contribution in [0.3, 0.4) is 0 Å². The molecule has 0 amide bonds. The number of nitrogens with zero attached hydrogens (tertiary/aromatic N) is 2. The highest BCUT2D eigenvalue weighted by molar-refractivity contribution is 6.00. The number of ether oxygens (including phenoxy) is 1. The van der Waals surface area contributed by atoms with Crippen LogP contribution in [-0.2, 0) is 25.7 Å². The van der Waals surface area contributed by atoms with Gasteiger partial charge in [0.25, 0.3) is 0 Å². The summed E-state index contributed by atoms with van der Waals surface area (Å²) in [6.45, 7) is 27.4. The van der Waals surface area contributed by atoms with E-state index in [1.54, 1.807) is 13.8 Å². The molecule has 1 saturated heterocycles. The number of aliphatic carboxylic acids is 1. The third-order valence-corrected chi connectivity index (χ3v) is 17.9. The number of piperazine rings is 1. The largest absolute Gasteiger partial charge is 0.481 e. The number of esters is 1. The van der Waals surface area contributed by atoms with Crippen molar-refractivity contribution in [3.63, 3.8) is 0 Å². The molecule has 8 nitrogen and oxygen atoms in total. The number of rotatable bonds is 10. The van der Waals surface area contributed by atoms with Crippen LogP contribution >= 0.6 is 0 Å². The number of carboxylic acids is 1. The van der Waals surface area contributed by atoms with Gasteiger partial charge in [0.1, 0.15) is 6.10 Å². The Morgan fingerprint density at radius 1 is 0.860 bits per heavy atom. The standard InChI is InChI=1S/C49H74N2O6/c1-31(2)41-35(52)27-49(38(53)30-51-25-23-50(24-26-51)29-33-13-11-32(3)12-14-33)22-21-47(9)34(42(41)49)15-16-37-46(8)19-18-39(57-40(54)28-44(4,5)43(55)56)45(6,7)36(46)17-20-48(37,47)10/h11-14,31,34,36-39,53H,15-30H2,1-10H3,(H,55,56)/t34-,36+,37-,38?,39+,46+,47-,48-,49+/m1/s1. The first kappa shape index (κ1) is 42.6. The molecule has 2 N–H and O–H groups in total. The number of aliphatic hydroxyl groups is 1. The third-order valence-electron chi connectivity index (χ3n) is 17.9. The molecule has 1 aromatic rings. The van der Waals surface area contributed by atoms with Gasteiger partial charge in [-0.15, -0.1) is 0 Å². The molecule has 1 aromatic carbocycles. The second-order valence-electron chi connectivity index (χ2n) is 22.1.